The van der Waals surface area contributed by atoms with Gasteiger partial charge in [-0.15, -0.1) is 12.4 Å². The van der Waals surface area contributed by atoms with Crippen molar-refractivity contribution < 1.29 is 9.31 Å². The van der Waals surface area contributed by atoms with Crippen LogP contribution in [0.4, 0.5) is 0 Å². The Hall–Kier alpha value is 0.235. The zero-order chi connectivity index (χ0) is 14.9. The Morgan fingerprint density at radius 2 is 1.86 bits per heavy atom. The molecule has 0 spiro atoms. The van der Waals surface area contributed by atoms with Crippen molar-refractivity contribution in [3.05, 3.63) is 0 Å². The molecule has 3 saturated carbocycles. The van der Waals surface area contributed by atoms with Crippen molar-refractivity contribution in [2.45, 2.75) is 78.5 Å². The molecule has 1 saturated heterocycles. The second-order valence-electron chi connectivity index (χ2n) is 9.27. The fourth-order valence-corrected chi connectivity index (χ4v) is 4.89. The van der Waals surface area contributed by atoms with Gasteiger partial charge in [-0.1, -0.05) is 34.6 Å². The smallest absolute Gasteiger partial charge is 0.404 e. The average molecular weight is 316 g/mol. The molecule has 1 heterocycles. The number of halogens is 1. The molecule has 0 aromatic carbocycles. The van der Waals surface area contributed by atoms with Crippen molar-refractivity contribution in [1.29, 1.82) is 0 Å². The van der Waals surface area contributed by atoms with Gasteiger partial charge in [-0.2, -0.15) is 0 Å². The first-order valence-corrected chi connectivity index (χ1v) is 8.13. The number of hydrogen-bond donors (Lipinski definition) is 1. The molecular formula is C16H31BClNO2. The van der Waals surface area contributed by atoms with Crippen molar-refractivity contribution in [2.24, 2.45) is 28.4 Å². The SMILES string of the molecule is CC(C)(C)CC(N)B1O[C@@H]2C[C@@H]3C[C@@H](C3(C)C)[C@]2(C)O1.Cl. The van der Waals surface area contributed by atoms with E-state index in [0.717, 1.165) is 18.8 Å². The lowest BCUT2D eigenvalue weighted by atomic mass is 9.43. The van der Waals surface area contributed by atoms with Crippen LogP contribution in [0, 0.1) is 22.7 Å². The second kappa shape index (κ2) is 5.12. The highest BCUT2D eigenvalue weighted by Crippen LogP contribution is 2.65. The summed E-state index contributed by atoms with van der Waals surface area (Å²) in [6, 6.07) is 0. The Balaban J connectivity index is 0.00000161. The first-order valence-electron chi connectivity index (χ1n) is 8.13. The maximum Gasteiger partial charge on any atom is 0.475 e. The zero-order valence-corrected chi connectivity index (χ0v) is 15.1. The molecular weight excluding hydrogens is 284 g/mol. The van der Waals surface area contributed by atoms with E-state index in [-0.39, 0.29) is 42.6 Å². The lowest BCUT2D eigenvalue weighted by Crippen LogP contribution is -2.65. The number of nitrogens with two attached hydrogens (primary N) is 1. The van der Waals surface area contributed by atoms with E-state index in [4.69, 9.17) is 15.0 Å². The van der Waals surface area contributed by atoms with Gasteiger partial charge in [0.2, 0.25) is 0 Å². The molecule has 4 aliphatic rings. The van der Waals surface area contributed by atoms with Gasteiger partial charge in [0.25, 0.3) is 0 Å². The van der Waals surface area contributed by atoms with E-state index in [1.54, 1.807) is 0 Å². The number of rotatable bonds is 2. The van der Waals surface area contributed by atoms with Gasteiger partial charge in [-0.05, 0) is 48.9 Å². The molecule has 3 nitrogen and oxygen atoms in total. The largest absolute Gasteiger partial charge is 0.475 e. The minimum absolute atomic E-state index is 0. The molecule has 122 valence electrons. The summed E-state index contributed by atoms with van der Waals surface area (Å²) in [5, 5.41) is 0. The van der Waals surface area contributed by atoms with E-state index in [2.05, 4.69) is 41.5 Å². The van der Waals surface area contributed by atoms with E-state index < -0.39 is 0 Å². The standard InChI is InChI=1S/C16H30BNO2.ClH/c1-14(2,3)9-13(18)17-19-12-8-10-7-11(15(10,4)5)16(12,6)20-17;/h10-13H,7-9,18H2,1-6H3;1H/t10-,11-,12+,13?,16-;/m0./s1. The van der Waals surface area contributed by atoms with Crippen LogP contribution in [0.3, 0.4) is 0 Å². The second-order valence-corrected chi connectivity index (χ2v) is 9.27. The van der Waals surface area contributed by atoms with E-state index in [9.17, 15) is 0 Å². The van der Waals surface area contributed by atoms with Crippen LogP contribution in [0.5, 0.6) is 0 Å². The summed E-state index contributed by atoms with van der Waals surface area (Å²) < 4.78 is 12.6. The monoisotopic (exact) mass is 315 g/mol. The molecule has 0 radical (unpaired) electrons. The molecule has 0 amide bonds. The van der Waals surface area contributed by atoms with Gasteiger partial charge in [0.15, 0.2) is 0 Å². The minimum Gasteiger partial charge on any atom is -0.404 e. The molecule has 4 rings (SSSR count). The van der Waals surface area contributed by atoms with Crippen molar-refractivity contribution in [2.75, 3.05) is 0 Å². The molecule has 5 heteroatoms. The fourth-order valence-electron chi connectivity index (χ4n) is 4.89. The maximum atomic E-state index is 6.40. The van der Waals surface area contributed by atoms with Gasteiger partial charge in [-0.25, -0.2) is 0 Å². The Morgan fingerprint density at radius 1 is 1.24 bits per heavy atom. The van der Waals surface area contributed by atoms with Gasteiger partial charge >= 0.3 is 7.12 Å². The van der Waals surface area contributed by atoms with Crippen LogP contribution in [0.1, 0.15) is 60.8 Å². The van der Waals surface area contributed by atoms with Gasteiger partial charge < -0.3 is 15.0 Å². The van der Waals surface area contributed by atoms with Gasteiger partial charge in [0.05, 0.1) is 11.7 Å². The lowest BCUT2D eigenvalue weighted by molar-refractivity contribution is -0.199. The first kappa shape index (κ1) is 17.6. The minimum atomic E-state index is -0.223. The van der Waals surface area contributed by atoms with Crippen LogP contribution in [0.2, 0.25) is 0 Å². The summed E-state index contributed by atoms with van der Waals surface area (Å²) in [5.41, 5.74) is 6.84. The Bertz CT molecular complexity index is 412. The Morgan fingerprint density at radius 3 is 2.38 bits per heavy atom. The summed E-state index contributed by atoms with van der Waals surface area (Å²) in [7, 11) is -0.223. The van der Waals surface area contributed by atoms with E-state index in [1.165, 1.54) is 6.42 Å². The van der Waals surface area contributed by atoms with Crippen LogP contribution >= 0.6 is 12.4 Å². The van der Waals surface area contributed by atoms with Crippen molar-refractivity contribution in [3.8, 4) is 0 Å². The predicted molar refractivity (Wildman–Crippen MR) is 89.4 cm³/mol. The zero-order valence-electron chi connectivity index (χ0n) is 14.3. The molecule has 5 atom stereocenters. The van der Waals surface area contributed by atoms with E-state index in [0.29, 0.717) is 11.3 Å². The summed E-state index contributed by atoms with van der Waals surface area (Å²) in [6.07, 6.45) is 3.61. The molecule has 4 fully saturated rings. The van der Waals surface area contributed by atoms with E-state index in [1.807, 2.05) is 0 Å². The molecule has 1 unspecified atom stereocenters. The highest BCUT2D eigenvalue weighted by molar-refractivity contribution is 6.47. The molecule has 0 aromatic heterocycles. The Kier molecular flexibility index (Phi) is 4.29. The molecule has 2 bridgehead atoms. The third-order valence-corrected chi connectivity index (χ3v) is 6.17. The molecule has 2 N–H and O–H groups in total. The fraction of sp³-hybridized carbons (Fsp3) is 1.00. The van der Waals surface area contributed by atoms with Crippen molar-refractivity contribution in [3.63, 3.8) is 0 Å². The van der Waals surface area contributed by atoms with Crippen LogP contribution in [0.25, 0.3) is 0 Å². The van der Waals surface area contributed by atoms with Crippen LogP contribution in [-0.4, -0.2) is 24.8 Å². The van der Waals surface area contributed by atoms with E-state index >= 15 is 0 Å². The third kappa shape index (κ3) is 2.67. The van der Waals surface area contributed by atoms with Crippen molar-refractivity contribution in [1.82, 2.24) is 0 Å². The van der Waals surface area contributed by atoms with Gasteiger partial charge in [-0.3, -0.25) is 0 Å². The summed E-state index contributed by atoms with van der Waals surface area (Å²) in [6.45, 7) is 13.7. The molecule has 21 heavy (non-hydrogen) atoms. The highest BCUT2D eigenvalue weighted by atomic mass is 35.5. The highest BCUT2D eigenvalue weighted by Gasteiger charge is 2.68. The van der Waals surface area contributed by atoms with Gasteiger partial charge in [0, 0.05) is 5.94 Å². The lowest BCUT2D eigenvalue weighted by Gasteiger charge is -2.64. The third-order valence-electron chi connectivity index (χ3n) is 6.17. The summed E-state index contributed by atoms with van der Waals surface area (Å²) >= 11 is 0. The summed E-state index contributed by atoms with van der Waals surface area (Å²) in [4.78, 5) is 0. The van der Waals surface area contributed by atoms with Gasteiger partial charge in [0.1, 0.15) is 0 Å². The molecule has 0 aromatic rings. The first-order chi connectivity index (χ1) is 9.04. The maximum absolute atomic E-state index is 6.40. The quantitative estimate of drug-likeness (QED) is 0.794. The van der Waals surface area contributed by atoms with Crippen LogP contribution < -0.4 is 5.73 Å². The van der Waals surface area contributed by atoms with Crippen LogP contribution in [0.15, 0.2) is 0 Å². The molecule has 3 aliphatic carbocycles. The molecule has 1 aliphatic heterocycles. The average Bonchev–Trinajstić information content (AvgIpc) is 2.63. The van der Waals surface area contributed by atoms with Crippen LogP contribution in [-0.2, 0) is 9.31 Å². The topological polar surface area (TPSA) is 44.5 Å². The van der Waals surface area contributed by atoms with Crippen molar-refractivity contribution >= 4 is 19.5 Å². The normalized spacial score (nSPS) is 41.9. The Labute approximate surface area is 136 Å². The number of hydrogen-bond acceptors (Lipinski definition) is 3. The predicted octanol–water partition coefficient (Wildman–Crippen LogP) is 3.44. The summed E-state index contributed by atoms with van der Waals surface area (Å²) in [5.74, 6) is 1.38.